The van der Waals surface area contributed by atoms with E-state index in [-0.39, 0.29) is 11.9 Å². The number of halogens is 1. The highest BCUT2D eigenvalue weighted by Crippen LogP contribution is 2.22. The number of nitrogens with one attached hydrogen (secondary N) is 1. The lowest BCUT2D eigenvalue weighted by Crippen LogP contribution is -2.44. The molecule has 0 aromatic heterocycles. The van der Waals surface area contributed by atoms with Crippen molar-refractivity contribution >= 4 is 27.5 Å². The largest absolute Gasteiger partial charge is 0.324 e. The molecule has 3 nitrogen and oxygen atoms in total. The maximum absolute atomic E-state index is 12.2. The highest BCUT2D eigenvalue weighted by Gasteiger charge is 2.22. The van der Waals surface area contributed by atoms with Gasteiger partial charge in [-0.25, -0.2) is 0 Å². The fourth-order valence-corrected chi connectivity index (χ4v) is 2.66. The van der Waals surface area contributed by atoms with E-state index < -0.39 is 0 Å². The van der Waals surface area contributed by atoms with Crippen molar-refractivity contribution in [3.63, 3.8) is 0 Å². The van der Waals surface area contributed by atoms with Crippen LogP contribution < -0.4 is 5.32 Å². The SMILES string of the molecule is CC(C(=O)Nc1ccccc1Br)N1CCCCC1. The van der Waals surface area contributed by atoms with Crippen molar-refractivity contribution in [2.24, 2.45) is 0 Å². The van der Waals surface area contributed by atoms with Crippen LogP contribution in [0.25, 0.3) is 0 Å². The molecule has 1 aromatic carbocycles. The summed E-state index contributed by atoms with van der Waals surface area (Å²) in [6.45, 7) is 4.05. The fourth-order valence-electron chi connectivity index (χ4n) is 2.27. The van der Waals surface area contributed by atoms with Crippen molar-refractivity contribution in [2.75, 3.05) is 18.4 Å². The van der Waals surface area contributed by atoms with Crippen LogP contribution in [0.4, 0.5) is 5.69 Å². The van der Waals surface area contributed by atoms with Gasteiger partial charge in [0.05, 0.1) is 11.7 Å². The molecule has 0 saturated carbocycles. The lowest BCUT2D eigenvalue weighted by molar-refractivity contribution is -0.121. The fraction of sp³-hybridized carbons (Fsp3) is 0.500. The van der Waals surface area contributed by atoms with Gasteiger partial charge in [-0.05, 0) is 60.9 Å². The Hall–Kier alpha value is -0.870. The van der Waals surface area contributed by atoms with Gasteiger partial charge in [-0.1, -0.05) is 18.6 Å². The first kappa shape index (κ1) is 13.6. The Balaban J connectivity index is 1.97. The van der Waals surface area contributed by atoms with Gasteiger partial charge in [0, 0.05) is 4.47 Å². The zero-order valence-electron chi connectivity index (χ0n) is 10.7. The molecule has 0 radical (unpaired) electrons. The molecule has 18 heavy (non-hydrogen) atoms. The molecule has 1 atom stereocenters. The Morgan fingerprint density at radius 3 is 2.61 bits per heavy atom. The molecule has 1 unspecified atom stereocenters. The van der Waals surface area contributed by atoms with Crippen LogP contribution in [0.1, 0.15) is 26.2 Å². The molecule has 0 bridgehead atoms. The molecule has 4 heteroatoms. The standard InChI is InChI=1S/C14H19BrN2O/c1-11(17-9-5-2-6-10-17)14(18)16-13-8-4-3-7-12(13)15/h3-4,7-8,11H,2,5-6,9-10H2,1H3,(H,16,18). The smallest absolute Gasteiger partial charge is 0.241 e. The number of rotatable bonds is 3. The van der Waals surface area contributed by atoms with Crippen LogP contribution in [0.15, 0.2) is 28.7 Å². The van der Waals surface area contributed by atoms with Crippen molar-refractivity contribution < 1.29 is 4.79 Å². The minimum atomic E-state index is -0.0580. The molecule has 1 N–H and O–H groups in total. The lowest BCUT2D eigenvalue weighted by atomic mass is 10.1. The second kappa shape index (κ2) is 6.34. The van der Waals surface area contributed by atoms with Gasteiger partial charge < -0.3 is 5.32 Å². The molecule has 1 aromatic rings. The van der Waals surface area contributed by atoms with Crippen LogP contribution in [-0.2, 0) is 4.79 Å². The number of amides is 1. The average Bonchev–Trinajstić information content (AvgIpc) is 2.41. The summed E-state index contributed by atoms with van der Waals surface area (Å²) in [4.78, 5) is 14.4. The molecule has 98 valence electrons. The molecule has 2 rings (SSSR count). The predicted octanol–water partition coefficient (Wildman–Crippen LogP) is 3.26. The zero-order valence-corrected chi connectivity index (χ0v) is 12.2. The Kier molecular flexibility index (Phi) is 4.78. The van der Waals surface area contributed by atoms with Crippen LogP contribution in [-0.4, -0.2) is 29.9 Å². The molecule has 1 saturated heterocycles. The molecule has 0 spiro atoms. The summed E-state index contributed by atoms with van der Waals surface area (Å²) >= 11 is 3.44. The van der Waals surface area contributed by atoms with E-state index in [1.165, 1.54) is 19.3 Å². The summed E-state index contributed by atoms with van der Waals surface area (Å²) in [7, 11) is 0. The van der Waals surface area contributed by atoms with Gasteiger partial charge in [-0.15, -0.1) is 0 Å². The highest BCUT2D eigenvalue weighted by molar-refractivity contribution is 9.10. The number of nitrogens with zero attached hydrogens (tertiary/aromatic N) is 1. The molecular formula is C14H19BrN2O. The summed E-state index contributed by atoms with van der Waals surface area (Å²) in [5.74, 6) is 0.0730. The van der Waals surface area contributed by atoms with Crippen molar-refractivity contribution in [3.8, 4) is 0 Å². The van der Waals surface area contributed by atoms with E-state index in [1.54, 1.807) is 0 Å². The van der Waals surface area contributed by atoms with E-state index in [0.717, 1.165) is 23.2 Å². The number of anilines is 1. The van der Waals surface area contributed by atoms with Gasteiger partial charge in [0.2, 0.25) is 5.91 Å². The predicted molar refractivity (Wildman–Crippen MR) is 77.7 cm³/mol. The average molecular weight is 311 g/mol. The van der Waals surface area contributed by atoms with E-state index in [2.05, 4.69) is 26.1 Å². The van der Waals surface area contributed by atoms with Crippen LogP contribution in [0.5, 0.6) is 0 Å². The van der Waals surface area contributed by atoms with Crippen LogP contribution in [0, 0.1) is 0 Å². The summed E-state index contributed by atoms with van der Waals surface area (Å²) in [6.07, 6.45) is 3.69. The van der Waals surface area contributed by atoms with E-state index in [1.807, 2.05) is 31.2 Å². The summed E-state index contributed by atoms with van der Waals surface area (Å²) < 4.78 is 0.921. The lowest BCUT2D eigenvalue weighted by Gasteiger charge is -2.31. The molecule has 1 aliphatic rings. The van der Waals surface area contributed by atoms with Gasteiger partial charge in [0.15, 0.2) is 0 Å². The number of carbonyl (C=O) groups excluding carboxylic acids is 1. The molecular weight excluding hydrogens is 292 g/mol. The molecule has 1 aliphatic heterocycles. The number of piperidine rings is 1. The number of hydrogen-bond acceptors (Lipinski definition) is 2. The number of benzene rings is 1. The monoisotopic (exact) mass is 310 g/mol. The first-order chi connectivity index (χ1) is 8.68. The zero-order chi connectivity index (χ0) is 13.0. The number of hydrogen-bond donors (Lipinski definition) is 1. The maximum Gasteiger partial charge on any atom is 0.241 e. The van der Waals surface area contributed by atoms with Gasteiger partial charge >= 0.3 is 0 Å². The topological polar surface area (TPSA) is 32.3 Å². The van der Waals surface area contributed by atoms with Gasteiger partial charge in [-0.3, -0.25) is 9.69 Å². The van der Waals surface area contributed by atoms with E-state index in [4.69, 9.17) is 0 Å². The van der Waals surface area contributed by atoms with Gasteiger partial charge in [-0.2, -0.15) is 0 Å². The first-order valence-electron chi connectivity index (χ1n) is 6.48. The van der Waals surface area contributed by atoms with Crippen molar-refractivity contribution in [3.05, 3.63) is 28.7 Å². The third-order valence-corrected chi connectivity index (χ3v) is 4.14. The van der Waals surface area contributed by atoms with E-state index in [0.29, 0.717) is 0 Å². The summed E-state index contributed by atoms with van der Waals surface area (Å²) in [5.41, 5.74) is 0.839. The Morgan fingerprint density at radius 2 is 1.94 bits per heavy atom. The number of para-hydroxylation sites is 1. The summed E-state index contributed by atoms with van der Waals surface area (Å²) in [6, 6.07) is 7.64. The first-order valence-corrected chi connectivity index (χ1v) is 7.27. The Labute approximate surface area is 117 Å². The van der Waals surface area contributed by atoms with Crippen molar-refractivity contribution in [2.45, 2.75) is 32.2 Å². The second-order valence-corrected chi connectivity index (χ2v) is 5.60. The molecule has 1 fully saturated rings. The minimum Gasteiger partial charge on any atom is -0.324 e. The number of carbonyl (C=O) groups is 1. The molecule has 0 aliphatic carbocycles. The quantitative estimate of drug-likeness (QED) is 0.929. The van der Waals surface area contributed by atoms with Gasteiger partial charge in [0.1, 0.15) is 0 Å². The van der Waals surface area contributed by atoms with Crippen LogP contribution >= 0.6 is 15.9 Å². The Morgan fingerprint density at radius 1 is 1.28 bits per heavy atom. The van der Waals surface area contributed by atoms with Crippen LogP contribution in [0.3, 0.4) is 0 Å². The van der Waals surface area contributed by atoms with Crippen molar-refractivity contribution in [1.29, 1.82) is 0 Å². The minimum absolute atomic E-state index is 0.0580. The van der Waals surface area contributed by atoms with Gasteiger partial charge in [0.25, 0.3) is 0 Å². The summed E-state index contributed by atoms with van der Waals surface area (Å²) in [5, 5.41) is 2.98. The van der Waals surface area contributed by atoms with E-state index in [9.17, 15) is 4.79 Å². The highest BCUT2D eigenvalue weighted by atomic mass is 79.9. The number of likely N-dealkylation sites (tertiary alicyclic amines) is 1. The maximum atomic E-state index is 12.2. The van der Waals surface area contributed by atoms with E-state index >= 15 is 0 Å². The molecule has 1 amide bonds. The molecule has 1 heterocycles. The third-order valence-electron chi connectivity index (χ3n) is 3.45. The Bertz CT molecular complexity index is 416. The third kappa shape index (κ3) is 3.33. The van der Waals surface area contributed by atoms with Crippen molar-refractivity contribution in [1.82, 2.24) is 4.90 Å². The van der Waals surface area contributed by atoms with Crippen LogP contribution in [0.2, 0.25) is 0 Å². The second-order valence-electron chi connectivity index (χ2n) is 4.74. The normalized spacial score (nSPS) is 18.3.